The highest BCUT2D eigenvalue weighted by Gasteiger charge is 2.33. The second-order valence-corrected chi connectivity index (χ2v) is 9.06. The summed E-state index contributed by atoms with van der Waals surface area (Å²) >= 11 is 0. The first-order chi connectivity index (χ1) is 14.3. The molecule has 168 valence electrons. The normalized spacial score (nSPS) is 19.3. The first-order valence-electron chi connectivity index (χ1n) is 11.4. The molecule has 0 bridgehead atoms. The van der Waals surface area contributed by atoms with Gasteiger partial charge in [0.2, 0.25) is 5.91 Å². The number of rotatable bonds is 8. The Kier molecular flexibility index (Phi) is 8.20. The van der Waals surface area contributed by atoms with Crippen molar-refractivity contribution in [2.75, 3.05) is 26.2 Å². The van der Waals surface area contributed by atoms with Gasteiger partial charge in [0.25, 0.3) is 0 Å². The number of alkyl halides is 3. The van der Waals surface area contributed by atoms with Crippen LogP contribution in [-0.4, -0.2) is 54.1 Å². The number of nitrogens with zero attached hydrogens (tertiary/aromatic N) is 2. The van der Waals surface area contributed by atoms with Crippen LogP contribution in [0, 0.1) is 12.8 Å². The molecule has 1 aliphatic heterocycles. The second kappa shape index (κ2) is 10.7. The lowest BCUT2D eigenvalue weighted by Crippen LogP contribution is -2.45. The number of halogens is 3. The van der Waals surface area contributed by atoms with Crippen molar-refractivity contribution in [3.8, 4) is 0 Å². The van der Waals surface area contributed by atoms with E-state index in [0.717, 1.165) is 64.6 Å². The predicted octanol–water partition coefficient (Wildman–Crippen LogP) is 5.36. The molecule has 0 N–H and O–H groups in total. The van der Waals surface area contributed by atoms with Crippen molar-refractivity contribution in [1.82, 2.24) is 9.80 Å². The van der Waals surface area contributed by atoms with E-state index in [9.17, 15) is 18.0 Å². The highest BCUT2D eigenvalue weighted by Crippen LogP contribution is 2.29. The molecule has 0 atom stereocenters. The molecule has 0 radical (unpaired) electrons. The predicted molar refractivity (Wildman–Crippen MR) is 113 cm³/mol. The third-order valence-corrected chi connectivity index (χ3v) is 6.83. The van der Waals surface area contributed by atoms with E-state index in [-0.39, 0.29) is 11.9 Å². The summed E-state index contributed by atoms with van der Waals surface area (Å²) in [6.45, 7) is 5.83. The van der Waals surface area contributed by atoms with Crippen LogP contribution >= 0.6 is 0 Å². The Balaban J connectivity index is 1.47. The van der Waals surface area contributed by atoms with Crippen molar-refractivity contribution in [3.63, 3.8) is 0 Å². The van der Waals surface area contributed by atoms with Gasteiger partial charge in [-0.1, -0.05) is 37.1 Å². The van der Waals surface area contributed by atoms with Gasteiger partial charge >= 0.3 is 6.18 Å². The molecule has 2 aliphatic rings. The SMILES string of the molecule is Cc1ccccc1CCN1CCC(CN(C(=O)CCC(F)(F)F)C2CCCC2)CC1. The number of piperidine rings is 1. The van der Waals surface area contributed by atoms with Gasteiger partial charge < -0.3 is 9.80 Å². The molecule has 0 unspecified atom stereocenters. The van der Waals surface area contributed by atoms with Crippen LogP contribution in [0.1, 0.15) is 62.5 Å². The Labute approximate surface area is 178 Å². The lowest BCUT2D eigenvalue weighted by atomic mass is 9.94. The molecule has 1 saturated heterocycles. The Morgan fingerprint density at radius 1 is 1.10 bits per heavy atom. The number of amides is 1. The fraction of sp³-hybridized carbons (Fsp3) is 0.708. The van der Waals surface area contributed by atoms with E-state index in [1.54, 1.807) is 0 Å². The molecule has 6 heteroatoms. The smallest absolute Gasteiger partial charge is 0.339 e. The maximum absolute atomic E-state index is 12.6. The average molecular weight is 425 g/mol. The van der Waals surface area contributed by atoms with Crippen molar-refractivity contribution in [3.05, 3.63) is 35.4 Å². The lowest BCUT2D eigenvalue weighted by molar-refractivity contribution is -0.151. The summed E-state index contributed by atoms with van der Waals surface area (Å²) in [5.41, 5.74) is 2.72. The highest BCUT2D eigenvalue weighted by atomic mass is 19.4. The van der Waals surface area contributed by atoms with E-state index in [1.165, 1.54) is 11.1 Å². The topological polar surface area (TPSA) is 23.6 Å². The number of hydrogen-bond acceptors (Lipinski definition) is 2. The van der Waals surface area contributed by atoms with Crippen LogP contribution < -0.4 is 0 Å². The van der Waals surface area contributed by atoms with Gasteiger partial charge in [0, 0.05) is 25.6 Å². The van der Waals surface area contributed by atoms with Crippen LogP contribution in [0.3, 0.4) is 0 Å². The van der Waals surface area contributed by atoms with E-state index in [0.29, 0.717) is 12.5 Å². The molecule has 1 saturated carbocycles. The van der Waals surface area contributed by atoms with E-state index >= 15 is 0 Å². The summed E-state index contributed by atoms with van der Waals surface area (Å²) < 4.78 is 37.8. The van der Waals surface area contributed by atoms with Crippen molar-refractivity contribution < 1.29 is 18.0 Å². The minimum absolute atomic E-state index is 0.143. The summed E-state index contributed by atoms with van der Waals surface area (Å²) in [4.78, 5) is 16.9. The molecule has 30 heavy (non-hydrogen) atoms. The molecule has 1 amide bonds. The molecule has 0 spiro atoms. The Morgan fingerprint density at radius 2 is 1.77 bits per heavy atom. The summed E-state index contributed by atoms with van der Waals surface area (Å²) in [7, 11) is 0. The van der Waals surface area contributed by atoms with Crippen LogP contribution in [0.4, 0.5) is 13.2 Å². The zero-order chi connectivity index (χ0) is 21.6. The summed E-state index contributed by atoms with van der Waals surface area (Å²) in [6, 6.07) is 8.63. The molecular weight excluding hydrogens is 389 g/mol. The minimum atomic E-state index is -4.26. The molecule has 1 aliphatic carbocycles. The van der Waals surface area contributed by atoms with Crippen LogP contribution in [-0.2, 0) is 11.2 Å². The maximum Gasteiger partial charge on any atom is 0.389 e. The first kappa shape index (κ1) is 23.1. The van der Waals surface area contributed by atoms with Crippen molar-refractivity contribution in [2.45, 2.75) is 76.9 Å². The monoisotopic (exact) mass is 424 g/mol. The van der Waals surface area contributed by atoms with Crippen molar-refractivity contribution >= 4 is 5.91 Å². The Bertz CT molecular complexity index is 677. The lowest BCUT2D eigenvalue weighted by Gasteiger charge is -2.37. The number of likely N-dealkylation sites (tertiary alicyclic amines) is 1. The molecule has 1 heterocycles. The molecule has 1 aromatic rings. The largest absolute Gasteiger partial charge is 0.389 e. The van der Waals surface area contributed by atoms with E-state index in [2.05, 4.69) is 36.1 Å². The quantitative estimate of drug-likeness (QED) is 0.561. The Hall–Kier alpha value is -1.56. The van der Waals surface area contributed by atoms with Gasteiger partial charge in [0.05, 0.1) is 6.42 Å². The fourth-order valence-electron chi connectivity index (χ4n) is 4.90. The third-order valence-electron chi connectivity index (χ3n) is 6.83. The van der Waals surface area contributed by atoms with Crippen LogP contribution in [0.25, 0.3) is 0 Å². The summed E-state index contributed by atoms with van der Waals surface area (Å²) in [5.74, 6) is 0.0938. The van der Waals surface area contributed by atoms with Gasteiger partial charge in [-0.25, -0.2) is 0 Å². The minimum Gasteiger partial charge on any atom is -0.339 e. The maximum atomic E-state index is 12.6. The summed E-state index contributed by atoms with van der Waals surface area (Å²) in [6.07, 6.45) is 1.42. The van der Waals surface area contributed by atoms with Gasteiger partial charge in [0.1, 0.15) is 0 Å². The standard InChI is InChI=1S/C24H35F3N2O/c1-19-6-2-3-7-21(19)13-17-28-15-11-20(12-16-28)18-29(22-8-4-5-9-22)23(30)10-14-24(25,26)27/h2-3,6-7,20,22H,4-5,8-18H2,1H3. The molecule has 2 fully saturated rings. The molecule has 3 nitrogen and oxygen atoms in total. The highest BCUT2D eigenvalue weighted by molar-refractivity contribution is 5.76. The van der Waals surface area contributed by atoms with E-state index < -0.39 is 19.0 Å². The van der Waals surface area contributed by atoms with Gasteiger partial charge in [-0.2, -0.15) is 13.2 Å². The molecular formula is C24H35F3N2O. The number of carbonyl (C=O) groups excluding carboxylic acids is 1. The van der Waals surface area contributed by atoms with Crippen molar-refractivity contribution in [2.24, 2.45) is 5.92 Å². The molecule has 3 rings (SSSR count). The third kappa shape index (κ3) is 7.00. The second-order valence-electron chi connectivity index (χ2n) is 9.06. The van der Waals surface area contributed by atoms with Gasteiger partial charge in [0.15, 0.2) is 0 Å². The zero-order valence-corrected chi connectivity index (χ0v) is 18.1. The van der Waals surface area contributed by atoms with Gasteiger partial charge in [-0.15, -0.1) is 0 Å². The number of hydrogen-bond donors (Lipinski definition) is 0. The zero-order valence-electron chi connectivity index (χ0n) is 18.1. The van der Waals surface area contributed by atoms with E-state index in [4.69, 9.17) is 0 Å². The van der Waals surface area contributed by atoms with Crippen LogP contribution in [0.5, 0.6) is 0 Å². The number of aryl methyl sites for hydroxylation is 1. The first-order valence-corrected chi connectivity index (χ1v) is 11.4. The average Bonchev–Trinajstić information content (AvgIpc) is 3.24. The number of carbonyl (C=O) groups is 1. The van der Waals surface area contributed by atoms with Crippen LogP contribution in [0.2, 0.25) is 0 Å². The molecule has 0 aromatic heterocycles. The van der Waals surface area contributed by atoms with Gasteiger partial charge in [-0.05, 0) is 69.2 Å². The Morgan fingerprint density at radius 3 is 2.40 bits per heavy atom. The van der Waals surface area contributed by atoms with E-state index in [1.807, 2.05) is 4.90 Å². The fourth-order valence-corrected chi connectivity index (χ4v) is 4.90. The summed E-state index contributed by atoms with van der Waals surface area (Å²) in [5, 5.41) is 0. The number of benzene rings is 1. The molecule has 1 aromatic carbocycles. The van der Waals surface area contributed by atoms with Gasteiger partial charge in [-0.3, -0.25) is 4.79 Å². The van der Waals surface area contributed by atoms with Crippen LogP contribution in [0.15, 0.2) is 24.3 Å². The van der Waals surface area contributed by atoms with Crippen molar-refractivity contribution in [1.29, 1.82) is 0 Å².